The highest BCUT2D eigenvalue weighted by Gasteiger charge is 2.59. The van der Waals surface area contributed by atoms with E-state index in [0.717, 1.165) is 37.1 Å². The van der Waals surface area contributed by atoms with Crippen molar-refractivity contribution in [2.45, 2.75) is 63.6 Å². The van der Waals surface area contributed by atoms with Crippen LogP contribution in [0.15, 0.2) is 42.6 Å². The van der Waals surface area contributed by atoms with Crippen LogP contribution < -0.4 is 5.32 Å². The van der Waals surface area contributed by atoms with Gasteiger partial charge in [0.1, 0.15) is 0 Å². The molecule has 0 saturated heterocycles. The third-order valence-corrected chi connectivity index (χ3v) is 8.59. The van der Waals surface area contributed by atoms with Crippen LogP contribution >= 0.6 is 0 Å². The molecule has 4 aliphatic carbocycles. The van der Waals surface area contributed by atoms with Crippen LogP contribution in [-0.2, 0) is 21.2 Å². The Labute approximate surface area is 202 Å². The standard InChI is InChI=1S/C27H29F3N2O3/c1-25(2,19-5-3-16(4-6-19)21-8-7-20(14-31-21)27(28,29)30)23(33)32-22-17-9-15-10-18(22)13-26(11-15,12-17)24(34)35/h3-8,14-15,17-18,22H,9-13H2,1-2H3,(H,32,33)(H,34,35). The Balaban J connectivity index is 1.29. The molecule has 4 aliphatic rings. The number of nitrogens with one attached hydrogen (secondary N) is 1. The Morgan fingerprint density at radius 2 is 1.57 bits per heavy atom. The van der Waals surface area contributed by atoms with Gasteiger partial charge >= 0.3 is 12.1 Å². The molecule has 2 atom stereocenters. The van der Waals surface area contributed by atoms with Gasteiger partial charge in [0.25, 0.3) is 0 Å². The van der Waals surface area contributed by atoms with Crippen molar-refractivity contribution >= 4 is 11.9 Å². The first-order chi connectivity index (χ1) is 16.4. The maximum absolute atomic E-state index is 13.4. The van der Waals surface area contributed by atoms with Crippen molar-refractivity contribution in [2.24, 2.45) is 23.2 Å². The predicted molar refractivity (Wildman–Crippen MR) is 123 cm³/mol. The molecule has 1 amide bonds. The molecule has 0 spiro atoms. The molecule has 4 fully saturated rings. The topological polar surface area (TPSA) is 79.3 Å². The Morgan fingerprint density at radius 1 is 0.971 bits per heavy atom. The van der Waals surface area contributed by atoms with Crippen molar-refractivity contribution in [3.8, 4) is 11.3 Å². The van der Waals surface area contributed by atoms with Gasteiger partial charge < -0.3 is 10.4 Å². The van der Waals surface area contributed by atoms with Gasteiger partial charge in [-0.15, -0.1) is 0 Å². The molecule has 2 aromatic rings. The van der Waals surface area contributed by atoms with Gasteiger partial charge in [-0.25, -0.2) is 0 Å². The molecule has 1 aromatic carbocycles. The van der Waals surface area contributed by atoms with Gasteiger partial charge in [0.2, 0.25) is 5.91 Å². The van der Waals surface area contributed by atoms with Gasteiger partial charge in [0, 0.05) is 17.8 Å². The molecule has 2 N–H and O–H groups in total. The highest BCUT2D eigenvalue weighted by molar-refractivity contribution is 5.88. The SMILES string of the molecule is CC(C)(C(=O)NC1C2CC3CC1CC(C(=O)O)(C3)C2)c1ccc(-c2ccc(C(F)(F)F)cn2)cc1. The lowest BCUT2D eigenvalue weighted by Crippen LogP contribution is -2.62. The number of hydrogen-bond donors (Lipinski definition) is 2. The number of halogens is 3. The number of aliphatic carboxylic acids is 1. The number of nitrogens with zero attached hydrogens (tertiary/aromatic N) is 1. The van der Waals surface area contributed by atoms with Gasteiger partial charge in [0.15, 0.2) is 0 Å². The second-order valence-corrected chi connectivity index (χ2v) is 11.2. The van der Waals surface area contributed by atoms with Crippen LogP contribution in [0.5, 0.6) is 0 Å². The summed E-state index contributed by atoms with van der Waals surface area (Å²) in [5.41, 5.74) is -0.363. The van der Waals surface area contributed by atoms with Crippen LogP contribution in [0.4, 0.5) is 13.2 Å². The number of benzene rings is 1. The molecule has 2 unspecified atom stereocenters. The van der Waals surface area contributed by atoms with E-state index in [9.17, 15) is 27.9 Å². The molecule has 1 heterocycles. The summed E-state index contributed by atoms with van der Waals surface area (Å²) in [4.78, 5) is 29.3. The Morgan fingerprint density at radius 3 is 2.09 bits per heavy atom. The van der Waals surface area contributed by atoms with Gasteiger partial charge in [-0.2, -0.15) is 13.2 Å². The van der Waals surface area contributed by atoms with Crippen molar-refractivity contribution in [1.29, 1.82) is 0 Å². The number of carbonyl (C=O) groups is 2. The van der Waals surface area contributed by atoms with Crippen LogP contribution in [0, 0.1) is 23.2 Å². The summed E-state index contributed by atoms with van der Waals surface area (Å²) in [6.07, 6.45) is 0.377. The number of hydrogen-bond acceptors (Lipinski definition) is 3. The summed E-state index contributed by atoms with van der Waals surface area (Å²) in [5, 5.41) is 13.1. The average Bonchev–Trinajstić information content (AvgIpc) is 2.80. The fraction of sp³-hybridized carbons (Fsp3) is 0.519. The lowest BCUT2D eigenvalue weighted by molar-refractivity contribution is -0.168. The largest absolute Gasteiger partial charge is 0.481 e. The van der Waals surface area contributed by atoms with Crippen LogP contribution in [0.25, 0.3) is 11.3 Å². The van der Waals surface area contributed by atoms with E-state index in [1.54, 1.807) is 12.1 Å². The molecule has 0 aliphatic heterocycles. The summed E-state index contributed by atoms with van der Waals surface area (Å²) in [6, 6.07) is 9.49. The number of amides is 1. The first-order valence-corrected chi connectivity index (χ1v) is 12.1. The Hall–Kier alpha value is -2.90. The van der Waals surface area contributed by atoms with E-state index in [0.29, 0.717) is 30.0 Å². The van der Waals surface area contributed by atoms with Gasteiger partial charge in [-0.05, 0) is 81.4 Å². The number of carboxylic acids is 1. The second kappa shape index (κ2) is 8.07. The smallest absolute Gasteiger partial charge is 0.417 e. The molecule has 5 nitrogen and oxygen atoms in total. The number of aromatic nitrogens is 1. The molecule has 8 heteroatoms. The summed E-state index contributed by atoms with van der Waals surface area (Å²) in [5.74, 6) is 0.0518. The summed E-state index contributed by atoms with van der Waals surface area (Å²) < 4.78 is 38.4. The summed E-state index contributed by atoms with van der Waals surface area (Å²) >= 11 is 0. The van der Waals surface area contributed by atoms with E-state index >= 15 is 0 Å². The third-order valence-electron chi connectivity index (χ3n) is 8.59. The van der Waals surface area contributed by atoms with Crippen LogP contribution in [0.1, 0.15) is 57.1 Å². The monoisotopic (exact) mass is 486 g/mol. The molecular formula is C27H29F3N2O3. The minimum absolute atomic E-state index is 0.00132. The Kier molecular flexibility index (Phi) is 5.49. The third kappa shape index (κ3) is 4.10. The molecule has 35 heavy (non-hydrogen) atoms. The molecule has 0 radical (unpaired) electrons. The molecule has 4 saturated carbocycles. The molecule has 1 aromatic heterocycles. The minimum Gasteiger partial charge on any atom is -0.481 e. The summed E-state index contributed by atoms with van der Waals surface area (Å²) in [7, 11) is 0. The zero-order chi connectivity index (χ0) is 25.2. The second-order valence-electron chi connectivity index (χ2n) is 11.2. The number of rotatable bonds is 5. The van der Waals surface area contributed by atoms with E-state index in [4.69, 9.17) is 0 Å². The summed E-state index contributed by atoms with van der Waals surface area (Å²) in [6.45, 7) is 3.70. The zero-order valence-electron chi connectivity index (χ0n) is 19.7. The Bertz CT molecular complexity index is 1130. The number of alkyl halides is 3. The van der Waals surface area contributed by atoms with Gasteiger partial charge in [0.05, 0.1) is 22.1 Å². The highest BCUT2D eigenvalue weighted by atomic mass is 19.4. The lowest BCUT2D eigenvalue weighted by atomic mass is 9.48. The van der Waals surface area contributed by atoms with Crippen molar-refractivity contribution in [2.75, 3.05) is 0 Å². The van der Waals surface area contributed by atoms with Crippen LogP contribution in [-0.4, -0.2) is 28.0 Å². The fourth-order valence-corrected chi connectivity index (χ4v) is 6.77. The van der Waals surface area contributed by atoms with Crippen LogP contribution in [0.3, 0.4) is 0 Å². The van der Waals surface area contributed by atoms with E-state index in [1.807, 2.05) is 26.0 Å². The molecule has 186 valence electrons. The minimum atomic E-state index is -4.43. The van der Waals surface area contributed by atoms with Crippen molar-refractivity contribution in [3.63, 3.8) is 0 Å². The number of carbonyl (C=O) groups excluding carboxylic acids is 1. The van der Waals surface area contributed by atoms with Crippen molar-refractivity contribution < 1.29 is 27.9 Å². The van der Waals surface area contributed by atoms with Crippen molar-refractivity contribution in [3.05, 3.63) is 53.7 Å². The van der Waals surface area contributed by atoms with E-state index in [2.05, 4.69) is 10.3 Å². The average molecular weight is 487 g/mol. The maximum atomic E-state index is 13.4. The first-order valence-electron chi connectivity index (χ1n) is 12.1. The predicted octanol–water partition coefficient (Wildman–Crippen LogP) is 5.44. The molecule has 4 bridgehead atoms. The van der Waals surface area contributed by atoms with E-state index < -0.39 is 28.5 Å². The van der Waals surface area contributed by atoms with Gasteiger partial charge in [-0.3, -0.25) is 14.6 Å². The van der Waals surface area contributed by atoms with E-state index in [-0.39, 0.29) is 23.8 Å². The normalized spacial score (nSPS) is 29.7. The maximum Gasteiger partial charge on any atom is 0.417 e. The zero-order valence-corrected chi connectivity index (χ0v) is 19.7. The fourth-order valence-electron chi connectivity index (χ4n) is 6.77. The van der Waals surface area contributed by atoms with Crippen LogP contribution in [0.2, 0.25) is 0 Å². The first kappa shape index (κ1) is 23.8. The molecular weight excluding hydrogens is 457 g/mol. The quantitative estimate of drug-likeness (QED) is 0.590. The van der Waals surface area contributed by atoms with Crippen molar-refractivity contribution in [1.82, 2.24) is 10.3 Å². The van der Waals surface area contributed by atoms with Gasteiger partial charge in [-0.1, -0.05) is 24.3 Å². The number of pyridine rings is 1. The number of carboxylic acid groups (broad SMARTS) is 1. The highest BCUT2D eigenvalue weighted by Crippen LogP contribution is 2.60. The van der Waals surface area contributed by atoms with E-state index in [1.165, 1.54) is 6.07 Å². The lowest BCUT2D eigenvalue weighted by Gasteiger charge is -2.58. The molecule has 6 rings (SSSR count).